The molecule has 1 rings (SSSR count). The summed E-state index contributed by atoms with van der Waals surface area (Å²) in [5, 5.41) is 11.2. The van der Waals surface area contributed by atoms with Crippen molar-refractivity contribution in [2.75, 3.05) is 13.4 Å². The number of nitrogens with zero attached hydrogens (tertiary/aromatic N) is 1. The van der Waals surface area contributed by atoms with Gasteiger partial charge in [0.15, 0.2) is 5.06 Å². The van der Waals surface area contributed by atoms with E-state index in [-0.39, 0.29) is 5.70 Å². The van der Waals surface area contributed by atoms with Crippen LogP contribution >= 0.6 is 23.1 Å². The van der Waals surface area contributed by atoms with E-state index in [1.165, 1.54) is 24.3 Å². The van der Waals surface area contributed by atoms with E-state index in [9.17, 15) is 10.1 Å². The molecule has 1 heterocycles. The van der Waals surface area contributed by atoms with Gasteiger partial charge in [0.1, 0.15) is 0 Å². The average molecular weight is 245 g/mol. The molecule has 0 atom stereocenters. The molecule has 82 valence electrons. The maximum absolute atomic E-state index is 10.5. The Morgan fingerprint density at radius 1 is 1.73 bits per heavy atom. The highest BCUT2D eigenvalue weighted by atomic mass is 32.2. The minimum atomic E-state index is -0.407. The molecule has 0 saturated carbocycles. The Hall–Kier alpha value is -1.01. The van der Waals surface area contributed by atoms with Gasteiger partial charge in [0.25, 0.3) is 0 Å². The third-order valence-electron chi connectivity index (χ3n) is 1.74. The average Bonchev–Trinajstić information content (AvgIpc) is 2.60. The molecular weight excluding hydrogens is 234 g/mol. The summed E-state index contributed by atoms with van der Waals surface area (Å²) in [6.45, 7) is 1.47. The molecule has 0 unspecified atom stereocenters. The van der Waals surface area contributed by atoms with E-state index in [1.807, 2.05) is 12.3 Å². The molecule has 0 amide bonds. The highest BCUT2D eigenvalue weighted by molar-refractivity contribution is 8.00. The van der Waals surface area contributed by atoms with Crippen LogP contribution in [0.1, 0.15) is 12.5 Å². The van der Waals surface area contributed by atoms with Gasteiger partial charge in [0, 0.05) is 18.6 Å². The summed E-state index contributed by atoms with van der Waals surface area (Å²) in [6.07, 6.45) is 3.48. The van der Waals surface area contributed by atoms with Crippen LogP contribution < -0.4 is 4.74 Å². The Morgan fingerprint density at radius 2 is 2.40 bits per heavy atom. The number of allylic oxidation sites excluding steroid dienone is 1. The van der Waals surface area contributed by atoms with Crippen LogP contribution in [0.15, 0.2) is 16.0 Å². The zero-order valence-corrected chi connectivity index (χ0v) is 10.3. The maximum atomic E-state index is 10.5. The fourth-order valence-corrected chi connectivity index (χ4v) is 2.50. The SMILES string of the molecule is COc1sc(SC)cc1C=C(C)[N+](=O)[O-]. The summed E-state index contributed by atoms with van der Waals surface area (Å²) < 4.78 is 6.22. The molecule has 0 aromatic carbocycles. The van der Waals surface area contributed by atoms with E-state index in [2.05, 4.69) is 0 Å². The molecule has 4 nitrogen and oxygen atoms in total. The first kappa shape index (κ1) is 12.1. The molecule has 0 aliphatic heterocycles. The topological polar surface area (TPSA) is 52.4 Å². The van der Waals surface area contributed by atoms with Crippen molar-refractivity contribution in [2.24, 2.45) is 0 Å². The normalized spacial score (nSPS) is 11.5. The van der Waals surface area contributed by atoms with Gasteiger partial charge >= 0.3 is 0 Å². The molecule has 6 heteroatoms. The van der Waals surface area contributed by atoms with E-state index >= 15 is 0 Å². The van der Waals surface area contributed by atoms with Crippen LogP contribution in [-0.4, -0.2) is 18.3 Å². The van der Waals surface area contributed by atoms with Gasteiger partial charge < -0.3 is 4.74 Å². The van der Waals surface area contributed by atoms with E-state index in [1.54, 1.807) is 18.9 Å². The lowest BCUT2D eigenvalue weighted by molar-refractivity contribution is -0.422. The Labute approximate surface area is 96.1 Å². The lowest BCUT2D eigenvalue weighted by atomic mass is 10.3. The quantitative estimate of drug-likeness (QED) is 0.464. The van der Waals surface area contributed by atoms with Crippen molar-refractivity contribution in [2.45, 2.75) is 11.1 Å². The first-order valence-electron chi connectivity index (χ1n) is 4.13. The fourth-order valence-electron chi connectivity index (χ4n) is 1.00. The third-order valence-corrected chi connectivity index (χ3v) is 3.92. The number of nitro groups is 1. The van der Waals surface area contributed by atoms with E-state index < -0.39 is 4.92 Å². The maximum Gasteiger partial charge on any atom is 0.243 e. The Bertz CT molecular complexity index is 398. The van der Waals surface area contributed by atoms with Gasteiger partial charge in [-0.3, -0.25) is 10.1 Å². The van der Waals surface area contributed by atoms with Crippen LogP contribution in [0.4, 0.5) is 0 Å². The molecule has 0 N–H and O–H groups in total. The summed E-state index contributed by atoms with van der Waals surface area (Å²) in [7, 11) is 1.56. The van der Waals surface area contributed by atoms with Gasteiger partial charge in [0.05, 0.1) is 16.2 Å². The van der Waals surface area contributed by atoms with Crippen molar-refractivity contribution >= 4 is 29.2 Å². The minimum absolute atomic E-state index is 0.110. The fraction of sp³-hybridized carbons (Fsp3) is 0.333. The molecule has 0 aliphatic carbocycles. The van der Waals surface area contributed by atoms with Crippen molar-refractivity contribution in [1.29, 1.82) is 0 Å². The molecule has 0 saturated heterocycles. The minimum Gasteiger partial charge on any atom is -0.487 e. The molecule has 1 aromatic rings. The van der Waals surface area contributed by atoms with Crippen molar-refractivity contribution in [3.63, 3.8) is 0 Å². The summed E-state index contributed by atoms with van der Waals surface area (Å²) in [4.78, 5) is 10.1. The van der Waals surface area contributed by atoms with Gasteiger partial charge in [-0.15, -0.1) is 11.8 Å². The third kappa shape index (κ3) is 2.97. The van der Waals surface area contributed by atoms with Crippen molar-refractivity contribution in [3.05, 3.63) is 27.4 Å². The highest BCUT2D eigenvalue weighted by Crippen LogP contribution is 2.36. The van der Waals surface area contributed by atoms with Gasteiger partial charge in [-0.25, -0.2) is 0 Å². The zero-order valence-electron chi connectivity index (χ0n) is 8.64. The predicted octanol–water partition coefficient (Wildman–Crippen LogP) is 3.12. The van der Waals surface area contributed by atoms with Crippen LogP contribution in [0.3, 0.4) is 0 Å². The molecule has 0 bridgehead atoms. The highest BCUT2D eigenvalue weighted by Gasteiger charge is 2.10. The van der Waals surface area contributed by atoms with Crippen molar-refractivity contribution in [1.82, 2.24) is 0 Å². The Morgan fingerprint density at radius 3 is 2.87 bits per heavy atom. The Kier molecular flexibility index (Phi) is 4.16. The molecular formula is C9H11NO3S2. The number of hydrogen-bond acceptors (Lipinski definition) is 5. The van der Waals surface area contributed by atoms with Gasteiger partial charge in [-0.05, 0) is 12.3 Å². The van der Waals surface area contributed by atoms with E-state index in [4.69, 9.17) is 4.74 Å². The molecule has 1 aromatic heterocycles. The zero-order chi connectivity index (χ0) is 11.4. The van der Waals surface area contributed by atoms with E-state index in [0.29, 0.717) is 5.06 Å². The second-order valence-electron chi connectivity index (χ2n) is 2.76. The molecule has 0 aliphatic rings. The van der Waals surface area contributed by atoms with Crippen LogP contribution in [-0.2, 0) is 0 Å². The van der Waals surface area contributed by atoms with Crippen LogP contribution in [0.25, 0.3) is 6.08 Å². The second-order valence-corrected chi connectivity index (χ2v) is 4.88. The van der Waals surface area contributed by atoms with Crippen LogP contribution in [0.2, 0.25) is 0 Å². The number of rotatable bonds is 4. The summed E-state index contributed by atoms with van der Waals surface area (Å²) in [5.74, 6) is 0. The molecule has 0 fully saturated rings. The lowest BCUT2D eigenvalue weighted by Gasteiger charge is -1.95. The van der Waals surface area contributed by atoms with Crippen LogP contribution in [0.5, 0.6) is 5.06 Å². The monoisotopic (exact) mass is 245 g/mol. The smallest absolute Gasteiger partial charge is 0.243 e. The summed E-state index contributed by atoms with van der Waals surface area (Å²) in [6, 6.07) is 1.89. The lowest BCUT2D eigenvalue weighted by Crippen LogP contribution is -1.93. The first-order chi connectivity index (χ1) is 7.08. The second kappa shape index (κ2) is 5.18. The summed E-state index contributed by atoms with van der Waals surface area (Å²) in [5.41, 5.74) is 0.875. The standard InChI is InChI=1S/C9H11NO3S2/c1-6(10(11)12)4-7-5-8(14-3)15-9(7)13-2/h4-5H,1-3H3. The first-order valence-corrected chi connectivity index (χ1v) is 6.17. The number of ether oxygens (including phenoxy) is 1. The molecule has 0 radical (unpaired) electrons. The number of methoxy groups -OCH3 is 1. The largest absolute Gasteiger partial charge is 0.487 e. The molecule has 15 heavy (non-hydrogen) atoms. The predicted molar refractivity (Wildman–Crippen MR) is 63.3 cm³/mol. The van der Waals surface area contributed by atoms with Crippen molar-refractivity contribution in [3.8, 4) is 5.06 Å². The number of hydrogen-bond donors (Lipinski definition) is 0. The number of thiophene rings is 1. The van der Waals surface area contributed by atoms with Crippen molar-refractivity contribution < 1.29 is 9.66 Å². The molecule has 0 spiro atoms. The summed E-state index contributed by atoms with van der Waals surface area (Å²) >= 11 is 3.08. The van der Waals surface area contributed by atoms with Crippen LogP contribution in [0, 0.1) is 10.1 Å². The Balaban J connectivity index is 3.07. The van der Waals surface area contributed by atoms with Gasteiger partial charge in [-0.1, -0.05) is 11.3 Å². The van der Waals surface area contributed by atoms with Gasteiger partial charge in [-0.2, -0.15) is 0 Å². The van der Waals surface area contributed by atoms with E-state index in [0.717, 1.165) is 9.77 Å². The van der Waals surface area contributed by atoms with Gasteiger partial charge in [0.2, 0.25) is 5.70 Å². The number of thioether (sulfide) groups is 1.